The van der Waals surface area contributed by atoms with Gasteiger partial charge in [0.1, 0.15) is 17.9 Å². The second-order valence-corrected chi connectivity index (χ2v) is 9.89. The van der Waals surface area contributed by atoms with Gasteiger partial charge in [-0.15, -0.1) is 0 Å². The molecule has 0 spiro atoms. The molecule has 30 heavy (non-hydrogen) atoms. The van der Waals surface area contributed by atoms with E-state index in [1.807, 2.05) is 6.92 Å². The maximum Gasteiger partial charge on any atom is 0.281 e. The molecule has 0 radical (unpaired) electrons. The van der Waals surface area contributed by atoms with Crippen LogP contribution in [0.5, 0.6) is 5.75 Å². The van der Waals surface area contributed by atoms with Gasteiger partial charge in [0.15, 0.2) is 0 Å². The monoisotopic (exact) mass is 438 g/mol. The normalized spacial score (nSPS) is 21.5. The first-order chi connectivity index (χ1) is 14.2. The molecule has 2 amide bonds. The molecule has 0 aromatic heterocycles. The molecule has 0 unspecified atom stereocenters. The van der Waals surface area contributed by atoms with Crippen molar-refractivity contribution in [2.75, 3.05) is 40.3 Å². The highest BCUT2D eigenvalue weighted by atomic mass is 32.2. The van der Waals surface area contributed by atoms with Gasteiger partial charge < -0.3 is 15.0 Å². The molecular weight excluding hydrogens is 408 g/mol. The lowest BCUT2D eigenvalue weighted by atomic mass is 10.1. The first-order valence-electron chi connectivity index (χ1n) is 10.3. The van der Waals surface area contributed by atoms with Gasteiger partial charge >= 0.3 is 0 Å². The third-order valence-electron chi connectivity index (χ3n) is 5.55. The van der Waals surface area contributed by atoms with Gasteiger partial charge in [0.05, 0.1) is 0 Å². The first kappa shape index (κ1) is 22.5. The summed E-state index contributed by atoms with van der Waals surface area (Å²) in [5.41, 5.74) is 0.480. The smallest absolute Gasteiger partial charge is 0.281 e. The Morgan fingerprint density at radius 1 is 1.23 bits per heavy atom. The largest absolute Gasteiger partial charge is 0.490 e. The fourth-order valence-corrected chi connectivity index (χ4v) is 4.97. The van der Waals surface area contributed by atoms with Crippen LogP contribution in [0.1, 0.15) is 36.5 Å². The van der Waals surface area contributed by atoms with E-state index in [9.17, 15) is 18.0 Å². The second kappa shape index (κ2) is 9.32. The highest BCUT2D eigenvalue weighted by molar-refractivity contribution is 7.86. The van der Waals surface area contributed by atoms with Gasteiger partial charge in [-0.3, -0.25) is 9.59 Å². The minimum atomic E-state index is -3.41. The molecule has 166 valence electrons. The van der Waals surface area contributed by atoms with Crippen molar-refractivity contribution in [2.24, 2.45) is 0 Å². The van der Waals surface area contributed by atoms with Gasteiger partial charge in [-0.2, -0.15) is 17.0 Å². The summed E-state index contributed by atoms with van der Waals surface area (Å²) in [5, 5.41) is 2.80. The zero-order valence-corrected chi connectivity index (χ0v) is 18.5. The van der Waals surface area contributed by atoms with Gasteiger partial charge in [-0.1, -0.05) is 13.0 Å². The zero-order valence-electron chi connectivity index (χ0n) is 17.7. The molecule has 0 aliphatic carbocycles. The Balaban J connectivity index is 1.64. The average Bonchev–Trinajstić information content (AvgIpc) is 2.73. The van der Waals surface area contributed by atoms with E-state index >= 15 is 0 Å². The van der Waals surface area contributed by atoms with Crippen LogP contribution in [0.2, 0.25) is 0 Å². The van der Waals surface area contributed by atoms with E-state index in [1.54, 1.807) is 29.2 Å². The third kappa shape index (κ3) is 4.76. The van der Waals surface area contributed by atoms with E-state index in [-0.39, 0.29) is 17.9 Å². The van der Waals surface area contributed by atoms with Gasteiger partial charge in [0.25, 0.3) is 16.1 Å². The number of hydrogen-bond acceptors (Lipinski definition) is 5. The van der Waals surface area contributed by atoms with Crippen LogP contribution in [0.15, 0.2) is 24.3 Å². The van der Waals surface area contributed by atoms with E-state index in [1.165, 1.54) is 22.7 Å². The lowest BCUT2D eigenvalue weighted by Crippen LogP contribution is -2.56. The van der Waals surface area contributed by atoms with E-state index < -0.39 is 16.3 Å². The van der Waals surface area contributed by atoms with E-state index in [4.69, 9.17) is 4.74 Å². The quantitative estimate of drug-likeness (QED) is 0.704. The molecule has 1 atom stereocenters. The van der Waals surface area contributed by atoms with Crippen molar-refractivity contribution in [3.63, 3.8) is 0 Å². The molecule has 1 N–H and O–H groups in total. The van der Waals surface area contributed by atoms with Gasteiger partial charge in [-0.05, 0) is 37.5 Å². The number of ether oxygens (including phenoxy) is 1. The Morgan fingerprint density at radius 2 is 1.93 bits per heavy atom. The summed E-state index contributed by atoms with van der Waals surface area (Å²) in [7, 11) is -0.364. The van der Waals surface area contributed by atoms with Crippen molar-refractivity contribution in [1.29, 1.82) is 0 Å². The van der Waals surface area contributed by atoms with Crippen LogP contribution in [-0.4, -0.2) is 86.2 Å². The zero-order chi connectivity index (χ0) is 21.9. The van der Waals surface area contributed by atoms with Crippen molar-refractivity contribution in [1.82, 2.24) is 18.8 Å². The highest BCUT2D eigenvalue weighted by Gasteiger charge is 2.33. The van der Waals surface area contributed by atoms with E-state index in [0.29, 0.717) is 56.8 Å². The van der Waals surface area contributed by atoms with Gasteiger partial charge in [0, 0.05) is 45.8 Å². The minimum Gasteiger partial charge on any atom is -0.490 e. The first-order valence-corrected chi connectivity index (χ1v) is 11.7. The van der Waals surface area contributed by atoms with Crippen molar-refractivity contribution < 1.29 is 22.7 Å². The Hall–Kier alpha value is -2.17. The molecule has 3 rings (SSSR count). The van der Waals surface area contributed by atoms with Crippen LogP contribution < -0.4 is 10.1 Å². The average molecular weight is 439 g/mol. The van der Waals surface area contributed by atoms with E-state index in [0.717, 1.165) is 0 Å². The topological polar surface area (TPSA) is 99.3 Å². The summed E-state index contributed by atoms with van der Waals surface area (Å²) in [6.45, 7) is 3.60. The number of carbonyl (C=O) groups excluding carboxylic acids is 2. The number of nitrogens with one attached hydrogen (secondary N) is 1. The second-order valence-electron chi connectivity index (χ2n) is 7.75. The van der Waals surface area contributed by atoms with Gasteiger partial charge in [0.2, 0.25) is 5.91 Å². The number of piperazine rings is 1. The molecule has 2 heterocycles. The number of carbonyl (C=O) groups is 2. The highest BCUT2D eigenvalue weighted by Crippen LogP contribution is 2.23. The summed E-state index contributed by atoms with van der Waals surface area (Å²) in [6.07, 6.45) is 1.60. The van der Waals surface area contributed by atoms with Crippen molar-refractivity contribution >= 4 is 22.0 Å². The Bertz CT molecular complexity index is 881. The number of benzene rings is 1. The maximum absolute atomic E-state index is 13.0. The molecule has 2 saturated heterocycles. The molecule has 9 nitrogen and oxygen atoms in total. The number of hydrogen-bond donors (Lipinski definition) is 1. The molecule has 1 aromatic carbocycles. The summed E-state index contributed by atoms with van der Waals surface area (Å²) >= 11 is 0. The third-order valence-corrected chi connectivity index (χ3v) is 7.49. The molecule has 2 aliphatic rings. The van der Waals surface area contributed by atoms with Crippen molar-refractivity contribution in [3.05, 3.63) is 29.8 Å². The fourth-order valence-electron chi connectivity index (χ4n) is 3.84. The molecule has 1 aromatic rings. The summed E-state index contributed by atoms with van der Waals surface area (Å²) in [6, 6.07) is 6.52. The van der Waals surface area contributed by atoms with E-state index in [2.05, 4.69) is 5.32 Å². The van der Waals surface area contributed by atoms with Crippen LogP contribution in [0, 0.1) is 0 Å². The maximum atomic E-state index is 13.0. The Labute approximate surface area is 178 Å². The standard InChI is InChI=1S/C20H30N4O5S/c1-4-18-19(25)21-10-13-24(18)20(26)15-6-5-7-17(14-15)29-16-8-11-23(12-9-16)30(27,28)22(2)3/h5-7,14,16,18H,4,8-13H2,1-3H3,(H,21,25)/t18-/m1/s1. The van der Waals surface area contributed by atoms with Crippen molar-refractivity contribution in [3.8, 4) is 5.75 Å². The van der Waals surface area contributed by atoms with Crippen LogP contribution in [0.4, 0.5) is 0 Å². The number of amides is 2. The molecule has 2 aliphatic heterocycles. The SMILES string of the molecule is CC[C@@H]1C(=O)NCCN1C(=O)c1cccc(OC2CCN(S(=O)(=O)N(C)C)CC2)c1. The lowest BCUT2D eigenvalue weighted by Gasteiger charge is -2.34. The molecule has 0 bridgehead atoms. The Kier molecular flexibility index (Phi) is 6.99. The van der Waals surface area contributed by atoms with Crippen molar-refractivity contribution in [2.45, 2.75) is 38.3 Å². The predicted octanol–water partition coefficient (Wildman–Crippen LogP) is 0.687. The summed E-state index contributed by atoms with van der Waals surface area (Å²) in [5.74, 6) is 0.266. The fraction of sp³-hybridized carbons (Fsp3) is 0.600. The molecule has 2 fully saturated rings. The van der Waals surface area contributed by atoms with Crippen LogP contribution in [0.25, 0.3) is 0 Å². The Morgan fingerprint density at radius 3 is 2.57 bits per heavy atom. The number of nitrogens with zero attached hydrogens (tertiary/aromatic N) is 3. The molecule has 0 saturated carbocycles. The lowest BCUT2D eigenvalue weighted by molar-refractivity contribution is -0.127. The van der Waals surface area contributed by atoms with Crippen LogP contribution in [-0.2, 0) is 15.0 Å². The molecule has 10 heteroatoms. The van der Waals surface area contributed by atoms with Crippen LogP contribution in [0.3, 0.4) is 0 Å². The number of piperidine rings is 1. The van der Waals surface area contributed by atoms with Crippen LogP contribution >= 0.6 is 0 Å². The van der Waals surface area contributed by atoms with Gasteiger partial charge in [-0.25, -0.2) is 0 Å². The summed E-state index contributed by atoms with van der Waals surface area (Å²) < 4.78 is 33.2. The predicted molar refractivity (Wildman–Crippen MR) is 112 cm³/mol. The molecular formula is C20H30N4O5S. The summed E-state index contributed by atoms with van der Waals surface area (Å²) in [4.78, 5) is 26.7. The number of rotatable bonds is 6. The minimum absolute atomic E-state index is 0.117.